The number of piperidine rings is 3. The van der Waals surface area contributed by atoms with Crippen molar-refractivity contribution in [2.24, 2.45) is 5.92 Å². The van der Waals surface area contributed by atoms with Gasteiger partial charge in [0.15, 0.2) is 5.76 Å². The van der Waals surface area contributed by atoms with E-state index in [1.165, 1.54) is 7.11 Å². The first-order valence-electron chi connectivity index (χ1n) is 9.09. The summed E-state index contributed by atoms with van der Waals surface area (Å²) in [7, 11) is 1.26. The zero-order valence-corrected chi connectivity index (χ0v) is 15.3. The lowest BCUT2D eigenvalue weighted by Gasteiger charge is -2.49. The van der Waals surface area contributed by atoms with E-state index >= 15 is 0 Å². The number of carbonyl (C=O) groups excluding carboxylic acids is 2. The molecule has 3 saturated heterocycles. The Kier molecular flexibility index (Phi) is 4.58. The third kappa shape index (κ3) is 3.40. The third-order valence-electron chi connectivity index (χ3n) is 5.58. The van der Waals surface area contributed by atoms with Gasteiger partial charge in [-0.15, -0.1) is 0 Å². The fourth-order valence-electron chi connectivity index (χ4n) is 4.05. The number of fused-ring (bicyclic) bond motifs is 4. The van der Waals surface area contributed by atoms with Gasteiger partial charge in [0.2, 0.25) is 0 Å². The largest absolute Gasteiger partial charge is 0.459 e. The van der Waals surface area contributed by atoms with Gasteiger partial charge in [0.1, 0.15) is 11.3 Å². The van der Waals surface area contributed by atoms with E-state index in [1.807, 2.05) is 0 Å². The minimum absolute atomic E-state index is 0.149. The molecule has 3 fully saturated rings. The number of pyridine rings is 1. The molecule has 5 heterocycles. The molecule has 0 unspecified atom stereocenters. The Bertz CT molecular complexity index is 945. The minimum Gasteiger partial charge on any atom is -0.459 e. The summed E-state index contributed by atoms with van der Waals surface area (Å²) in [5.41, 5.74) is 0.819. The first kappa shape index (κ1) is 17.6. The van der Waals surface area contributed by atoms with Gasteiger partial charge in [0.05, 0.1) is 7.11 Å². The molecule has 3 aliphatic rings. The number of methoxy groups -OCH3 is 1. The van der Waals surface area contributed by atoms with Gasteiger partial charge in [-0.3, -0.25) is 14.7 Å². The molecule has 1 amide bonds. The summed E-state index contributed by atoms with van der Waals surface area (Å²) in [6.07, 6.45) is 3.83. The first-order valence-corrected chi connectivity index (χ1v) is 9.09. The van der Waals surface area contributed by atoms with Crippen molar-refractivity contribution in [1.29, 1.82) is 0 Å². The molecule has 7 heteroatoms. The minimum atomic E-state index is -0.639. The Morgan fingerprint density at radius 1 is 1.33 bits per heavy atom. The summed E-state index contributed by atoms with van der Waals surface area (Å²) in [5, 5.41) is 3.88. The van der Waals surface area contributed by atoms with Crippen LogP contribution in [0.5, 0.6) is 0 Å². The molecule has 140 valence electrons. The van der Waals surface area contributed by atoms with Crippen LogP contribution in [0.2, 0.25) is 0 Å². The quantitative estimate of drug-likeness (QED) is 0.641. The van der Waals surface area contributed by atoms with Crippen LogP contribution >= 0.6 is 0 Å². The number of ether oxygens (including phenoxy) is 1. The molecule has 0 aliphatic carbocycles. The number of furan rings is 1. The Hall–Kier alpha value is -2.85. The van der Waals surface area contributed by atoms with Crippen LogP contribution in [0.4, 0.5) is 0 Å². The molecule has 1 N–H and O–H groups in total. The lowest BCUT2D eigenvalue weighted by Crippen LogP contribution is -2.62. The van der Waals surface area contributed by atoms with E-state index in [2.05, 4.69) is 38.7 Å². The highest BCUT2D eigenvalue weighted by Gasteiger charge is 2.40. The van der Waals surface area contributed by atoms with Gasteiger partial charge in [0, 0.05) is 41.7 Å². The molecule has 2 atom stereocenters. The Balaban J connectivity index is 1.52. The molecule has 3 aliphatic heterocycles. The van der Waals surface area contributed by atoms with Crippen molar-refractivity contribution < 1.29 is 18.7 Å². The van der Waals surface area contributed by atoms with Crippen molar-refractivity contribution in [3.8, 4) is 11.8 Å². The van der Waals surface area contributed by atoms with E-state index in [-0.39, 0.29) is 11.9 Å². The van der Waals surface area contributed by atoms with E-state index < -0.39 is 5.97 Å². The monoisotopic (exact) mass is 367 g/mol. The number of amides is 1. The molecule has 0 radical (unpaired) electrons. The molecular formula is C20H21N3O4. The predicted octanol–water partition coefficient (Wildman–Crippen LogP) is 1.56. The number of rotatable bonds is 2. The second-order valence-electron chi connectivity index (χ2n) is 7.07. The van der Waals surface area contributed by atoms with E-state index in [0.29, 0.717) is 29.0 Å². The van der Waals surface area contributed by atoms with Crippen LogP contribution < -0.4 is 5.32 Å². The lowest BCUT2D eigenvalue weighted by atomic mass is 9.79. The van der Waals surface area contributed by atoms with Gasteiger partial charge < -0.3 is 14.5 Å². The average Bonchev–Trinajstić information content (AvgIpc) is 3.11. The Labute approximate surface area is 157 Å². The van der Waals surface area contributed by atoms with Crippen molar-refractivity contribution in [1.82, 2.24) is 15.2 Å². The zero-order chi connectivity index (χ0) is 19.0. The number of nitrogens with one attached hydrogen (secondary N) is 1. The summed E-state index contributed by atoms with van der Waals surface area (Å²) >= 11 is 0. The van der Waals surface area contributed by atoms with Crippen molar-refractivity contribution in [2.45, 2.75) is 31.8 Å². The number of hydrogen-bond acceptors (Lipinski definition) is 6. The smallest absolute Gasteiger partial charge is 0.384 e. The maximum absolute atomic E-state index is 12.7. The Morgan fingerprint density at radius 2 is 2.11 bits per heavy atom. The molecule has 2 aromatic rings. The normalized spacial score (nSPS) is 26.3. The highest BCUT2D eigenvalue weighted by atomic mass is 16.5. The summed E-state index contributed by atoms with van der Waals surface area (Å²) in [4.78, 5) is 30.5. The standard InChI is InChI=1S/C20H21N3O4/c1-12-19(13-5-7-23(12)8-6-13)22-20(25)16-10-17-14(11-21-16)9-15(27-17)3-4-18(24)26-2/h9-13,19H,5-8H2,1-2H3,(H,22,25)/t12-,19-/m0/s1. The summed E-state index contributed by atoms with van der Waals surface area (Å²) in [6, 6.07) is 3.78. The van der Waals surface area contributed by atoms with Crippen molar-refractivity contribution in [2.75, 3.05) is 20.2 Å². The highest BCUT2D eigenvalue weighted by Crippen LogP contribution is 2.32. The van der Waals surface area contributed by atoms with Crippen LogP contribution in [0, 0.1) is 17.8 Å². The van der Waals surface area contributed by atoms with Gasteiger partial charge in [-0.05, 0) is 44.7 Å². The number of hydrogen-bond donors (Lipinski definition) is 1. The number of nitrogens with zero attached hydrogens (tertiary/aromatic N) is 2. The van der Waals surface area contributed by atoms with Gasteiger partial charge in [-0.1, -0.05) is 0 Å². The number of aromatic nitrogens is 1. The molecule has 5 rings (SSSR count). The fourth-order valence-corrected chi connectivity index (χ4v) is 4.05. The van der Waals surface area contributed by atoms with Gasteiger partial charge in [-0.25, -0.2) is 4.79 Å². The maximum atomic E-state index is 12.7. The van der Waals surface area contributed by atoms with E-state index in [1.54, 1.807) is 18.3 Å². The van der Waals surface area contributed by atoms with Crippen LogP contribution in [0.15, 0.2) is 22.7 Å². The van der Waals surface area contributed by atoms with Gasteiger partial charge >= 0.3 is 5.97 Å². The van der Waals surface area contributed by atoms with E-state index in [4.69, 9.17) is 4.42 Å². The predicted molar refractivity (Wildman–Crippen MR) is 97.9 cm³/mol. The van der Waals surface area contributed by atoms with Gasteiger partial charge in [0.25, 0.3) is 5.91 Å². The molecular weight excluding hydrogens is 346 g/mol. The van der Waals surface area contributed by atoms with Crippen molar-refractivity contribution >= 4 is 22.8 Å². The van der Waals surface area contributed by atoms with Crippen LogP contribution in [0.1, 0.15) is 36.0 Å². The first-order chi connectivity index (χ1) is 13.0. The van der Waals surface area contributed by atoms with Crippen LogP contribution in [-0.4, -0.2) is 54.0 Å². The van der Waals surface area contributed by atoms with Crippen molar-refractivity contribution in [3.63, 3.8) is 0 Å². The molecule has 7 nitrogen and oxygen atoms in total. The SMILES string of the molecule is COC(=O)C#Cc1cc2cnc(C(=O)N[C@@H]3C4CCN(CC4)[C@H]3C)cc2o1. The highest BCUT2D eigenvalue weighted by molar-refractivity contribution is 5.95. The maximum Gasteiger partial charge on any atom is 0.384 e. The summed E-state index contributed by atoms with van der Waals surface area (Å²) in [5.74, 6) is 4.93. The van der Waals surface area contributed by atoms with Gasteiger partial charge in [-0.2, -0.15) is 0 Å². The zero-order valence-electron chi connectivity index (χ0n) is 15.3. The second kappa shape index (κ2) is 7.05. The molecule has 27 heavy (non-hydrogen) atoms. The topological polar surface area (TPSA) is 84.7 Å². The molecule has 0 aromatic carbocycles. The lowest BCUT2D eigenvalue weighted by molar-refractivity contribution is -0.133. The number of esters is 1. The van der Waals surface area contributed by atoms with E-state index in [9.17, 15) is 9.59 Å². The van der Waals surface area contributed by atoms with Crippen LogP contribution in [0.25, 0.3) is 11.0 Å². The summed E-state index contributed by atoms with van der Waals surface area (Å²) in [6.45, 7) is 4.40. The van der Waals surface area contributed by atoms with Crippen LogP contribution in [-0.2, 0) is 9.53 Å². The van der Waals surface area contributed by atoms with E-state index in [0.717, 1.165) is 31.3 Å². The molecule has 0 saturated carbocycles. The Morgan fingerprint density at radius 3 is 2.81 bits per heavy atom. The average molecular weight is 367 g/mol. The van der Waals surface area contributed by atoms with Crippen molar-refractivity contribution in [3.05, 3.63) is 29.8 Å². The second-order valence-corrected chi connectivity index (χ2v) is 7.07. The molecule has 0 spiro atoms. The summed E-state index contributed by atoms with van der Waals surface area (Å²) < 4.78 is 10.1. The third-order valence-corrected chi connectivity index (χ3v) is 5.58. The molecule has 2 aromatic heterocycles. The van der Waals surface area contributed by atoms with Crippen LogP contribution in [0.3, 0.4) is 0 Å². The number of carbonyl (C=O) groups is 2. The fraction of sp³-hybridized carbons (Fsp3) is 0.450. The molecule has 2 bridgehead atoms.